The fourth-order valence-electron chi connectivity index (χ4n) is 2.50. The number of sulfone groups is 1. The highest BCUT2D eigenvalue weighted by Crippen LogP contribution is 2.31. The molecular weight excluding hydrogens is 248 g/mol. The smallest absolute Gasteiger partial charge is 0.175 e. The summed E-state index contributed by atoms with van der Waals surface area (Å²) in [4.78, 5) is 2.54. The molecule has 1 aromatic carbocycles. The van der Waals surface area contributed by atoms with Crippen molar-refractivity contribution < 1.29 is 8.42 Å². The molecule has 4 nitrogen and oxygen atoms in total. The van der Waals surface area contributed by atoms with Crippen molar-refractivity contribution in [2.45, 2.75) is 36.4 Å². The van der Waals surface area contributed by atoms with Crippen molar-refractivity contribution in [3.8, 4) is 0 Å². The minimum absolute atomic E-state index is 0.0957. The van der Waals surface area contributed by atoms with E-state index in [0.717, 1.165) is 24.8 Å². The first kappa shape index (κ1) is 13.5. The van der Waals surface area contributed by atoms with E-state index in [1.807, 2.05) is 19.2 Å². The number of nitrogens with zero attached hydrogens (tertiary/aromatic N) is 1. The monoisotopic (exact) mass is 268 g/mol. The molecule has 1 saturated heterocycles. The first-order valence-corrected chi connectivity index (χ1v) is 8.06. The highest BCUT2D eigenvalue weighted by atomic mass is 32.2. The molecule has 0 amide bonds. The summed E-state index contributed by atoms with van der Waals surface area (Å²) in [5.41, 5.74) is 7.17. The first-order chi connectivity index (χ1) is 8.39. The van der Waals surface area contributed by atoms with Crippen molar-refractivity contribution in [2.24, 2.45) is 5.73 Å². The van der Waals surface area contributed by atoms with Crippen LogP contribution < -0.4 is 5.73 Å². The second kappa shape index (κ2) is 4.99. The van der Waals surface area contributed by atoms with Gasteiger partial charge in [-0.25, -0.2) is 8.42 Å². The lowest BCUT2D eigenvalue weighted by Gasteiger charge is -2.37. The van der Waals surface area contributed by atoms with Gasteiger partial charge in [0.05, 0.1) is 11.1 Å². The number of nitrogens with two attached hydrogens (primary N) is 1. The van der Waals surface area contributed by atoms with E-state index in [-0.39, 0.29) is 6.17 Å². The van der Waals surface area contributed by atoms with E-state index in [9.17, 15) is 8.42 Å². The summed E-state index contributed by atoms with van der Waals surface area (Å²) in [5.74, 6) is 0. The summed E-state index contributed by atoms with van der Waals surface area (Å²) < 4.78 is 22.8. The van der Waals surface area contributed by atoms with Gasteiger partial charge in [-0.1, -0.05) is 12.1 Å². The van der Waals surface area contributed by atoms with Gasteiger partial charge in [-0.3, -0.25) is 4.90 Å². The van der Waals surface area contributed by atoms with Crippen LogP contribution in [-0.4, -0.2) is 32.8 Å². The molecular formula is C13H20N2O2S. The third-order valence-electron chi connectivity index (χ3n) is 3.69. The second-order valence-corrected chi connectivity index (χ2v) is 7.04. The highest BCUT2D eigenvalue weighted by molar-refractivity contribution is 7.90. The molecule has 2 N–H and O–H groups in total. The van der Waals surface area contributed by atoms with Crippen LogP contribution in [0.2, 0.25) is 0 Å². The van der Waals surface area contributed by atoms with Crippen LogP contribution in [0.4, 0.5) is 0 Å². The first-order valence-electron chi connectivity index (χ1n) is 6.17. The third kappa shape index (κ3) is 2.74. The molecule has 2 rings (SSSR count). The Hall–Kier alpha value is -0.910. The highest BCUT2D eigenvalue weighted by Gasteiger charge is 2.26. The maximum Gasteiger partial charge on any atom is 0.175 e. The molecule has 1 heterocycles. The number of likely N-dealkylation sites (tertiary alicyclic amines) is 1. The lowest BCUT2D eigenvalue weighted by Crippen LogP contribution is -2.44. The van der Waals surface area contributed by atoms with Gasteiger partial charge in [-0.15, -0.1) is 0 Å². The number of rotatable bonds is 2. The van der Waals surface area contributed by atoms with E-state index in [0.29, 0.717) is 10.9 Å². The van der Waals surface area contributed by atoms with E-state index < -0.39 is 9.84 Å². The van der Waals surface area contributed by atoms with E-state index >= 15 is 0 Å². The van der Waals surface area contributed by atoms with Crippen molar-refractivity contribution in [1.82, 2.24) is 4.90 Å². The maximum absolute atomic E-state index is 11.4. The Kier molecular flexibility index (Phi) is 3.75. The normalized spacial score (nSPS) is 26.2. The zero-order valence-electron chi connectivity index (χ0n) is 10.8. The van der Waals surface area contributed by atoms with E-state index in [1.165, 1.54) is 6.26 Å². The third-order valence-corrected chi connectivity index (χ3v) is 4.81. The molecule has 0 saturated carbocycles. The van der Waals surface area contributed by atoms with Crippen LogP contribution in [0.3, 0.4) is 0 Å². The molecule has 18 heavy (non-hydrogen) atoms. The molecule has 0 radical (unpaired) electrons. The van der Waals surface area contributed by atoms with Crippen molar-refractivity contribution in [3.63, 3.8) is 0 Å². The Morgan fingerprint density at radius 3 is 2.39 bits per heavy atom. The summed E-state index contributed by atoms with van der Waals surface area (Å²) in [7, 11) is -1.09. The molecule has 5 heteroatoms. The molecule has 2 atom stereocenters. The number of benzene rings is 1. The van der Waals surface area contributed by atoms with Crippen LogP contribution in [0.15, 0.2) is 29.2 Å². The predicted octanol–water partition coefficient (Wildman–Crippen LogP) is 1.53. The molecule has 1 aliphatic heterocycles. The summed E-state index contributed by atoms with van der Waals surface area (Å²) >= 11 is 0. The molecule has 0 bridgehead atoms. The number of hydrogen-bond acceptors (Lipinski definition) is 4. The average Bonchev–Trinajstić information content (AvgIpc) is 2.32. The van der Waals surface area contributed by atoms with Gasteiger partial charge in [0, 0.05) is 12.3 Å². The second-order valence-electron chi connectivity index (χ2n) is 5.02. The molecule has 0 spiro atoms. The Morgan fingerprint density at radius 1 is 1.22 bits per heavy atom. The van der Waals surface area contributed by atoms with Gasteiger partial charge in [0.2, 0.25) is 0 Å². The van der Waals surface area contributed by atoms with Crippen molar-refractivity contribution in [3.05, 3.63) is 29.8 Å². The Balaban J connectivity index is 2.24. The minimum atomic E-state index is -3.11. The summed E-state index contributed by atoms with van der Waals surface area (Å²) in [6, 6.07) is 7.45. The fraction of sp³-hybridized carbons (Fsp3) is 0.538. The van der Waals surface area contributed by atoms with Gasteiger partial charge in [0.25, 0.3) is 0 Å². The van der Waals surface area contributed by atoms with E-state index in [1.54, 1.807) is 12.1 Å². The summed E-state index contributed by atoms with van der Waals surface area (Å²) in [6.45, 7) is 0. The number of hydrogen-bond donors (Lipinski definition) is 1. The molecule has 100 valence electrons. The Bertz CT molecular complexity index is 510. The van der Waals surface area contributed by atoms with Gasteiger partial charge < -0.3 is 5.73 Å². The van der Waals surface area contributed by atoms with E-state index in [4.69, 9.17) is 5.73 Å². The van der Waals surface area contributed by atoms with Crippen LogP contribution in [-0.2, 0) is 9.84 Å². The van der Waals surface area contributed by atoms with Crippen LogP contribution in [0.25, 0.3) is 0 Å². The van der Waals surface area contributed by atoms with Gasteiger partial charge >= 0.3 is 0 Å². The quantitative estimate of drug-likeness (QED) is 0.883. The number of piperidine rings is 1. The lowest BCUT2D eigenvalue weighted by atomic mass is 9.94. The van der Waals surface area contributed by atoms with Crippen LogP contribution in [0.5, 0.6) is 0 Å². The predicted molar refractivity (Wildman–Crippen MR) is 71.9 cm³/mol. The SMILES string of the molecule is CN1C(N)CCCC1c1ccc(S(C)(=O)=O)cc1. The molecule has 2 unspecified atom stereocenters. The van der Waals surface area contributed by atoms with Crippen LogP contribution in [0.1, 0.15) is 30.9 Å². The summed E-state index contributed by atoms with van der Waals surface area (Å²) in [6.07, 6.45) is 4.53. The molecule has 1 aromatic rings. The van der Waals surface area contributed by atoms with Crippen molar-refractivity contribution >= 4 is 9.84 Å². The van der Waals surface area contributed by atoms with Crippen LogP contribution in [0, 0.1) is 0 Å². The summed E-state index contributed by atoms with van der Waals surface area (Å²) in [5, 5.41) is 0. The van der Waals surface area contributed by atoms with Gasteiger partial charge in [0.15, 0.2) is 9.84 Å². The van der Waals surface area contributed by atoms with E-state index in [2.05, 4.69) is 4.90 Å². The van der Waals surface area contributed by atoms with Crippen molar-refractivity contribution in [2.75, 3.05) is 13.3 Å². The Morgan fingerprint density at radius 2 is 1.83 bits per heavy atom. The molecule has 0 aliphatic carbocycles. The van der Waals surface area contributed by atoms with Crippen molar-refractivity contribution in [1.29, 1.82) is 0 Å². The Labute approximate surface area is 109 Å². The maximum atomic E-state index is 11.4. The topological polar surface area (TPSA) is 63.4 Å². The molecule has 0 aromatic heterocycles. The van der Waals surface area contributed by atoms with Gasteiger partial charge in [-0.05, 0) is 44.0 Å². The molecule has 1 aliphatic rings. The zero-order chi connectivity index (χ0) is 13.3. The minimum Gasteiger partial charge on any atom is -0.316 e. The largest absolute Gasteiger partial charge is 0.316 e. The van der Waals surface area contributed by atoms with Gasteiger partial charge in [-0.2, -0.15) is 0 Å². The van der Waals surface area contributed by atoms with Gasteiger partial charge in [0.1, 0.15) is 0 Å². The average molecular weight is 268 g/mol. The lowest BCUT2D eigenvalue weighted by molar-refractivity contribution is 0.119. The fourth-order valence-corrected chi connectivity index (χ4v) is 3.13. The molecule has 1 fully saturated rings. The zero-order valence-corrected chi connectivity index (χ0v) is 11.7. The van der Waals surface area contributed by atoms with Crippen LogP contribution >= 0.6 is 0 Å². The standard InChI is InChI=1S/C13H20N2O2S/c1-15-12(4-3-5-13(15)14)10-6-8-11(9-7-10)18(2,16)17/h6-9,12-13H,3-5,14H2,1-2H3.